The number of thiazole rings is 1. The first-order valence-electron chi connectivity index (χ1n) is 5.48. The van der Waals surface area contributed by atoms with E-state index in [1.54, 1.807) is 11.8 Å². The van der Waals surface area contributed by atoms with Gasteiger partial charge in [-0.3, -0.25) is 4.90 Å². The van der Waals surface area contributed by atoms with Crippen molar-refractivity contribution >= 4 is 28.2 Å². The molecule has 2 rings (SSSR count). The molecular formula is C10H17N3OS2. The van der Waals surface area contributed by atoms with E-state index in [9.17, 15) is 5.11 Å². The molecule has 3 N–H and O–H groups in total. The van der Waals surface area contributed by atoms with Gasteiger partial charge < -0.3 is 10.8 Å². The highest BCUT2D eigenvalue weighted by Crippen LogP contribution is 2.27. The SMILES string of the molecule is Nc1ncc(SCCN2CCC[C@H]2CO)s1. The highest BCUT2D eigenvalue weighted by Gasteiger charge is 2.22. The first kappa shape index (κ1) is 12.2. The fourth-order valence-electron chi connectivity index (χ4n) is 2.00. The van der Waals surface area contributed by atoms with Crippen molar-refractivity contribution in [2.24, 2.45) is 0 Å². The van der Waals surface area contributed by atoms with Crippen LogP contribution in [-0.4, -0.2) is 46.5 Å². The van der Waals surface area contributed by atoms with Gasteiger partial charge in [0.1, 0.15) is 0 Å². The van der Waals surface area contributed by atoms with Crippen molar-refractivity contribution in [3.63, 3.8) is 0 Å². The molecule has 0 saturated carbocycles. The Kier molecular flexibility index (Phi) is 4.45. The third kappa shape index (κ3) is 3.10. The highest BCUT2D eigenvalue weighted by molar-refractivity contribution is 8.01. The van der Waals surface area contributed by atoms with Gasteiger partial charge in [0.05, 0.1) is 17.0 Å². The van der Waals surface area contributed by atoms with Crippen LogP contribution in [0.25, 0.3) is 0 Å². The van der Waals surface area contributed by atoms with E-state index in [1.807, 2.05) is 6.20 Å². The first-order valence-corrected chi connectivity index (χ1v) is 7.29. The number of rotatable bonds is 5. The molecule has 6 heteroatoms. The normalized spacial score (nSPS) is 21.7. The summed E-state index contributed by atoms with van der Waals surface area (Å²) in [7, 11) is 0. The average Bonchev–Trinajstić information content (AvgIpc) is 2.87. The van der Waals surface area contributed by atoms with Gasteiger partial charge in [0, 0.05) is 18.3 Å². The van der Waals surface area contributed by atoms with Crippen molar-refractivity contribution in [1.82, 2.24) is 9.88 Å². The summed E-state index contributed by atoms with van der Waals surface area (Å²) < 4.78 is 1.18. The van der Waals surface area contributed by atoms with E-state index in [2.05, 4.69) is 9.88 Å². The Bertz CT molecular complexity index is 332. The van der Waals surface area contributed by atoms with E-state index < -0.39 is 0 Å². The molecule has 1 aliphatic rings. The Hall–Kier alpha value is -0.300. The summed E-state index contributed by atoms with van der Waals surface area (Å²) in [6, 6.07) is 0.382. The van der Waals surface area contributed by atoms with E-state index >= 15 is 0 Å². The van der Waals surface area contributed by atoms with Crippen LogP contribution in [-0.2, 0) is 0 Å². The van der Waals surface area contributed by atoms with Crippen LogP contribution in [0.1, 0.15) is 12.8 Å². The Morgan fingerprint density at radius 2 is 2.56 bits per heavy atom. The first-order chi connectivity index (χ1) is 7.79. The number of nitrogens with two attached hydrogens (primary N) is 1. The molecule has 1 fully saturated rings. The van der Waals surface area contributed by atoms with Crippen molar-refractivity contribution in [3.05, 3.63) is 6.20 Å². The summed E-state index contributed by atoms with van der Waals surface area (Å²) in [6.45, 7) is 2.45. The number of likely N-dealkylation sites (tertiary alicyclic amines) is 1. The van der Waals surface area contributed by atoms with Crippen LogP contribution in [0.5, 0.6) is 0 Å². The van der Waals surface area contributed by atoms with E-state index in [1.165, 1.54) is 22.0 Å². The molecule has 2 heterocycles. The van der Waals surface area contributed by atoms with Crippen molar-refractivity contribution < 1.29 is 5.11 Å². The zero-order valence-corrected chi connectivity index (χ0v) is 10.8. The number of nitrogens with zero attached hydrogens (tertiary/aromatic N) is 2. The van der Waals surface area contributed by atoms with Crippen LogP contribution in [0.2, 0.25) is 0 Å². The molecule has 1 aromatic rings. The van der Waals surface area contributed by atoms with Gasteiger partial charge in [0.25, 0.3) is 0 Å². The molecule has 0 aromatic carbocycles. The number of anilines is 1. The van der Waals surface area contributed by atoms with Gasteiger partial charge in [0.2, 0.25) is 0 Å². The van der Waals surface area contributed by atoms with Gasteiger partial charge in [-0.25, -0.2) is 4.98 Å². The monoisotopic (exact) mass is 259 g/mol. The number of nitrogen functional groups attached to an aromatic ring is 1. The van der Waals surface area contributed by atoms with Crippen molar-refractivity contribution in [3.8, 4) is 0 Å². The molecule has 1 aromatic heterocycles. The predicted octanol–water partition coefficient (Wildman–Crippen LogP) is 1.27. The maximum atomic E-state index is 9.18. The Morgan fingerprint density at radius 3 is 3.25 bits per heavy atom. The number of aromatic nitrogens is 1. The molecule has 0 spiro atoms. The number of hydrogen-bond acceptors (Lipinski definition) is 6. The van der Waals surface area contributed by atoms with Crippen molar-refractivity contribution in [1.29, 1.82) is 0 Å². The van der Waals surface area contributed by atoms with E-state index in [4.69, 9.17) is 5.73 Å². The second kappa shape index (κ2) is 5.86. The van der Waals surface area contributed by atoms with Gasteiger partial charge >= 0.3 is 0 Å². The smallest absolute Gasteiger partial charge is 0.181 e. The minimum atomic E-state index is 0.290. The third-order valence-corrected chi connectivity index (χ3v) is 4.84. The molecular weight excluding hydrogens is 242 g/mol. The minimum Gasteiger partial charge on any atom is -0.395 e. The molecule has 0 amide bonds. The lowest BCUT2D eigenvalue weighted by atomic mass is 10.2. The number of aliphatic hydroxyl groups excluding tert-OH is 1. The maximum absolute atomic E-state index is 9.18. The summed E-state index contributed by atoms with van der Waals surface area (Å²) in [6.07, 6.45) is 4.18. The molecule has 1 atom stereocenters. The summed E-state index contributed by atoms with van der Waals surface area (Å²) in [5.41, 5.74) is 5.57. The van der Waals surface area contributed by atoms with Gasteiger partial charge in [-0.1, -0.05) is 11.3 Å². The van der Waals surface area contributed by atoms with Gasteiger partial charge in [-0.15, -0.1) is 11.8 Å². The van der Waals surface area contributed by atoms with Gasteiger partial charge in [-0.05, 0) is 19.4 Å². The molecule has 4 nitrogen and oxygen atoms in total. The number of aliphatic hydroxyl groups is 1. The summed E-state index contributed by atoms with van der Waals surface area (Å²) in [5, 5.41) is 9.82. The van der Waals surface area contributed by atoms with E-state index in [0.717, 1.165) is 25.3 Å². The summed E-state index contributed by atoms with van der Waals surface area (Å²) >= 11 is 3.33. The molecule has 0 bridgehead atoms. The van der Waals surface area contributed by atoms with Gasteiger partial charge in [0.15, 0.2) is 5.13 Å². The lowest BCUT2D eigenvalue weighted by Gasteiger charge is -2.21. The molecule has 16 heavy (non-hydrogen) atoms. The van der Waals surface area contributed by atoms with E-state index in [0.29, 0.717) is 11.2 Å². The molecule has 1 aliphatic heterocycles. The molecule has 0 unspecified atom stereocenters. The molecule has 0 aliphatic carbocycles. The Labute approximate surface area is 104 Å². The lowest BCUT2D eigenvalue weighted by Crippen LogP contribution is -2.33. The fourth-order valence-corrected chi connectivity index (χ4v) is 3.81. The van der Waals surface area contributed by atoms with Crippen LogP contribution in [0.4, 0.5) is 5.13 Å². The predicted molar refractivity (Wildman–Crippen MR) is 68.9 cm³/mol. The fraction of sp³-hybridized carbons (Fsp3) is 0.700. The van der Waals surface area contributed by atoms with E-state index in [-0.39, 0.29) is 6.61 Å². The Morgan fingerprint density at radius 1 is 1.69 bits per heavy atom. The number of hydrogen-bond donors (Lipinski definition) is 2. The molecule has 1 saturated heterocycles. The quantitative estimate of drug-likeness (QED) is 0.780. The maximum Gasteiger partial charge on any atom is 0.181 e. The zero-order chi connectivity index (χ0) is 11.4. The average molecular weight is 259 g/mol. The van der Waals surface area contributed by atoms with Crippen LogP contribution in [0.3, 0.4) is 0 Å². The van der Waals surface area contributed by atoms with Crippen molar-refractivity contribution in [2.45, 2.75) is 23.1 Å². The van der Waals surface area contributed by atoms with Crippen LogP contribution in [0.15, 0.2) is 10.4 Å². The topological polar surface area (TPSA) is 62.4 Å². The second-order valence-corrected chi connectivity index (χ2v) is 6.34. The number of thioether (sulfide) groups is 1. The van der Waals surface area contributed by atoms with Crippen LogP contribution < -0.4 is 5.73 Å². The second-order valence-electron chi connectivity index (χ2n) is 3.88. The standard InChI is InChI=1S/C10H17N3OS2/c11-10-12-6-9(16-10)15-5-4-13-3-1-2-8(13)7-14/h6,8,14H,1-5,7H2,(H2,11,12)/t8-/m0/s1. The van der Waals surface area contributed by atoms with Crippen molar-refractivity contribution in [2.75, 3.05) is 31.2 Å². The minimum absolute atomic E-state index is 0.290. The Balaban J connectivity index is 1.71. The summed E-state index contributed by atoms with van der Waals surface area (Å²) in [5.74, 6) is 1.04. The summed E-state index contributed by atoms with van der Waals surface area (Å²) in [4.78, 5) is 6.39. The largest absolute Gasteiger partial charge is 0.395 e. The van der Waals surface area contributed by atoms with Crippen LogP contribution >= 0.6 is 23.1 Å². The van der Waals surface area contributed by atoms with Gasteiger partial charge in [-0.2, -0.15) is 0 Å². The van der Waals surface area contributed by atoms with Crippen LogP contribution in [0, 0.1) is 0 Å². The lowest BCUT2D eigenvalue weighted by molar-refractivity contribution is 0.165. The zero-order valence-electron chi connectivity index (χ0n) is 9.13. The highest BCUT2D eigenvalue weighted by atomic mass is 32.2. The molecule has 0 radical (unpaired) electrons. The molecule has 90 valence electrons. The third-order valence-electron chi connectivity index (χ3n) is 2.84.